The van der Waals surface area contributed by atoms with Crippen molar-refractivity contribution in [3.63, 3.8) is 0 Å². The van der Waals surface area contributed by atoms with Gasteiger partial charge in [0.05, 0.1) is 13.7 Å². The summed E-state index contributed by atoms with van der Waals surface area (Å²) in [5, 5.41) is 0. The number of hydrogen-bond donors (Lipinski definition) is 0. The molecule has 2 fully saturated rings. The van der Waals surface area contributed by atoms with Gasteiger partial charge in [-0.05, 0) is 74.8 Å². The van der Waals surface area contributed by atoms with Crippen molar-refractivity contribution < 1.29 is 14.3 Å². The third-order valence-electron chi connectivity index (χ3n) is 7.93. The highest BCUT2D eigenvalue weighted by Crippen LogP contribution is 2.38. The minimum absolute atomic E-state index is 0.0333. The van der Waals surface area contributed by atoms with Crippen LogP contribution in [0.5, 0.6) is 11.5 Å². The van der Waals surface area contributed by atoms with Crippen LogP contribution < -0.4 is 9.47 Å². The van der Waals surface area contributed by atoms with Gasteiger partial charge in [0.25, 0.3) is 0 Å². The maximum Gasteiger partial charge on any atom is 0.161 e. The lowest BCUT2D eigenvalue weighted by Gasteiger charge is -2.43. The van der Waals surface area contributed by atoms with Crippen molar-refractivity contribution >= 4 is 5.78 Å². The first-order valence-corrected chi connectivity index (χ1v) is 13.2. The number of carbonyl (C=O) groups excluding carboxylic acids is 1. The molecule has 2 aromatic carbocycles. The fourth-order valence-corrected chi connectivity index (χ4v) is 6.01. The van der Waals surface area contributed by atoms with Crippen LogP contribution in [0.1, 0.15) is 74.2 Å². The zero-order chi connectivity index (χ0) is 23.8. The summed E-state index contributed by atoms with van der Waals surface area (Å²) in [5.74, 6) is 3.21. The number of ether oxygens (including phenoxy) is 2. The number of hydrogen-bond acceptors (Lipinski definition) is 4. The second kappa shape index (κ2) is 12.4. The van der Waals surface area contributed by atoms with Crippen LogP contribution in [0.3, 0.4) is 0 Å². The second-order valence-electron chi connectivity index (χ2n) is 10.2. The molecule has 1 aliphatic heterocycles. The first kappa shape index (κ1) is 24.8. The molecule has 0 N–H and O–H groups in total. The molecule has 0 bridgehead atoms. The van der Waals surface area contributed by atoms with Gasteiger partial charge >= 0.3 is 0 Å². The molecule has 0 amide bonds. The third kappa shape index (κ3) is 6.63. The van der Waals surface area contributed by atoms with Crippen molar-refractivity contribution in [3.8, 4) is 11.5 Å². The minimum atomic E-state index is 0.0333. The number of carbonyl (C=O) groups is 1. The fourth-order valence-electron chi connectivity index (χ4n) is 6.01. The Labute approximate surface area is 205 Å². The van der Waals surface area contributed by atoms with Crippen molar-refractivity contribution in [1.29, 1.82) is 0 Å². The van der Waals surface area contributed by atoms with Gasteiger partial charge in [0, 0.05) is 18.2 Å². The van der Waals surface area contributed by atoms with E-state index in [1.54, 1.807) is 20.1 Å². The molecule has 1 saturated heterocycles. The monoisotopic (exact) mass is 463 g/mol. The van der Waals surface area contributed by atoms with E-state index in [0.717, 1.165) is 31.2 Å². The van der Waals surface area contributed by atoms with Crippen LogP contribution >= 0.6 is 0 Å². The molecule has 2 aliphatic rings. The summed E-state index contributed by atoms with van der Waals surface area (Å²) in [4.78, 5) is 14.4. The average molecular weight is 464 g/mol. The Morgan fingerprint density at radius 3 is 2.50 bits per heavy atom. The van der Waals surface area contributed by atoms with Crippen LogP contribution in [-0.4, -0.2) is 43.5 Å². The molecule has 1 heterocycles. The van der Waals surface area contributed by atoms with Crippen molar-refractivity contribution in [2.75, 3.05) is 26.8 Å². The average Bonchev–Trinajstić information content (AvgIpc) is 2.88. The van der Waals surface area contributed by atoms with Crippen molar-refractivity contribution in [2.24, 2.45) is 11.8 Å². The highest BCUT2D eigenvalue weighted by molar-refractivity contribution is 5.94. The standard InChI is InChI=1S/C30H41NO3/c1-23(32)26-14-15-29(30(22-26)33-2)34-19-9-17-31-18-16-27(25-12-7-4-8-13-25)21-28(31)20-24-10-5-3-6-11-24/h3,5-6,10-11,14-15,22,25,27-28H,4,7-9,12-13,16-21H2,1-2H3. The van der Waals surface area contributed by atoms with Crippen molar-refractivity contribution in [3.05, 3.63) is 59.7 Å². The number of nitrogens with zero attached hydrogens (tertiary/aromatic N) is 1. The normalized spacial score (nSPS) is 21.8. The Balaban J connectivity index is 1.33. The molecule has 0 radical (unpaired) electrons. The summed E-state index contributed by atoms with van der Waals surface area (Å²) in [6.07, 6.45) is 12.0. The highest BCUT2D eigenvalue weighted by atomic mass is 16.5. The number of methoxy groups -OCH3 is 1. The van der Waals surface area contributed by atoms with Gasteiger partial charge in [-0.1, -0.05) is 62.4 Å². The zero-order valence-electron chi connectivity index (χ0n) is 21.0. The summed E-state index contributed by atoms with van der Waals surface area (Å²) in [7, 11) is 1.62. The quantitative estimate of drug-likeness (QED) is 0.295. The van der Waals surface area contributed by atoms with E-state index in [9.17, 15) is 4.79 Å². The maximum atomic E-state index is 11.6. The van der Waals surface area contributed by atoms with Crippen LogP contribution in [0.25, 0.3) is 0 Å². The van der Waals surface area contributed by atoms with E-state index in [0.29, 0.717) is 29.7 Å². The molecule has 2 unspecified atom stereocenters. The van der Waals surface area contributed by atoms with Crippen LogP contribution in [-0.2, 0) is 6.42 Å². The number of benzene rings is 2. The predicted molar refractivity (Wildman–Crippen MR) is 138 cm³/mol. The predicted octanol–water partition coefficient (Wildman–Crippen LogP) is 6.57. The second-order valence-corrected chi connectivity index (χ2v) is 10.2. The van der Waals surface area contributed by atoms with Crippen LogP contribution in [0.15, 0.2) is 48.5 Å². The van der Waals surface area contributed by atoms with Gasteiger partial charge in [0.1, 0.15) is 0 Å². The number of piperidine rings is 1. The first-order chi connectivity index (χ1) is 16.6. The number of likely N-dealkylation sites (tertiary alicyclic amines) is 1. The molecule has 4 heteroatoms. The van der Waals surface area contributed by atoms with Crippen molar-refractivity contribution in [2.45, 2.75) is 70.8 Å². The molecule has 1 aliphatic carbocycles. The van der Waals surface area contributed by atoms with E-state index in [1.807, 2.05) is 12.1 Å². The lowest BCUT2D eigenvalue weighted by molar-refractivity contribution is 0.0699. The van der Waals surface area contributed by atoms with Crippen LogP contribution in [0, 0.1) is 11.8 Å². The van der Waals surface area contributed by atoms with Crippen LogP contribution in [0.4, 0.5) is 0 Å². The molecule has 34 heavy (non-hydrogen) atoms. The van der Waals surface area contributed by atoms with E-state index in [1.165, 1.54) is 57.1 Å². The molecule has 2 atom stereocenters. The van der Waals surface area contributed by atoms with Crippen molar-refractivity contribution in [1.82, 2.24) is 4.90 Å². The zero-order valence-corrected chi connectivity index (χ0v) is 21.0. The Morgan fingerprint density at radius 2 is 1.76 bits per heavy atom. The summed E-state index contributed by atoms with van der Waals surface area (Å²) >= 11 is 0. The Bertz CT molecular complexity index is 907. The SMILES string of the molecule is COc1cc(C(C)=O)ccc1OCCCN1CCC(C2CCCCC2)CC1Cc1ccccc1. The van der Waals surface area contributed by atoms with Gasteiger partial charge in [0.15, 0.2) is 17.3 Å². The highest BCUT2D eigenvalue weighted by Gasteiger charge is 2.33. The smallest absolute Gasteiger partial charge is 0.161 e. The Hall–Kier alpha value is -2.33. The lowest BCUT2D eigenvalue weighted by Crippen LogP contribution is -2.46. The van der Waals surface area contributed by atoms with E-state index in [2.05, 4.69) is 35.2 Å². The molecule has 1 saturated carbocycles. The van der Waals surface area contributed by atoms with Gasteiger partial charge in [-0.3, -0.25) is 9.69 Å². The molecular formula is C30H41NO3. The lowest BCUT2D eigenvalue weighted by atomic mass is 9.73. The maximum absolute atomic E-state index is 11.6. The minimum Gasteiger partial charge on any atom is -0.493 e. The third-order valence-corrected chi connectivity index (χ3v) is 7.93. The molecule has 4 nitrogen and oxygen atoms in total. The van der Waals surface area contributed by atoms with Gasteiger partial charge in [-0.15, -0.1) is 0 Å². The van der Waals surface area contributed by atoms with Gasteiger partial charge in [-0.2, -0.15) is 0 Å². The van der Waals surface area contributed by atoms with E-state index in [4.69, 9.17) is 9.47 Å². The number of rotatable bonds is 10. The van der Waals surface area contributed by atoms with Gasteiger partial charge < -0.3 is 9.47 Å². The van der Waals surface area contributed by atoms with E-state index < -0.39 is 0 Å². The molecule has 184 valence electrons. The Morgan fingerprint density at radius 1 is 0.971 bits per heavy atom. The van der Waals surface area contributed by atoms with E-state index in [-0.39, 0.29) is 5.78 Å². The molecule has 0 spiro atoms. The summed E-state index contributed by atoms with van der Waals surface area (Å²) in [6.45, 7) is 4.48. The van der Waals surface area contributed by atoms with Crippen LogP contribution in [0.2, 0.25) is 0 Å². The van der Waals surface area contributed by atoms with Gasteiger partial charge in [0.2, 0.25) is 0 Å². The fraction of sp³-hybridized carbons (Fsp3) is 0.567. The summed E-state index contributed by atoms with van der Waals surface area (Å²) < 4.78 is 11.5. The molecule has 2 aromatic rings. The van der Waals surface area contributed by atoms with E-state index >= 15 is 0 Å². The number of Topliss-reactive ketones (excluding diaryl/α,β-unsaturated/α-hetero) is 1. The van der Waals surface area contributed by atoms with Gasteiger partial charge in [-0.25, -0.2) is 0 Å². The number of ketones is 1. The Kier molecular flexibility index (Phi) is 9.04. The molecular weight excluding hydrogens is 422 g/mol. The first-order valence-electron chi connectivity index (χ1n) is 13.2. The largest absolute Gasteiger partial charge is 0.493 e. The summed E-state index contributed by atoms with van der Waals surface area (Å²) in [6, 6.07) is 17.1. The molecule has 0 aromatic heterocycles. The topological polar surface area (TPSA) is 38.8 Å². The molecule has 4 rings (SSSR count). The summed E-state index contributed by atoms with van der Waals surface area (Å²) in [5.41, 5.74) is 2.10.